The molecule has 9 nitrogen and oxygen atoms in total. The number of allylic oxidation sites excluding steroid dienone is 4. The largest absolute Gasteiger partial charge is 1.00 e. The van der Waals surface area contributed by atoms with E-state index in [4.69, 9.17) is 9.84 Å². The fourth-order valence-electron chi connectivity index (χ4n) is 17.5. The number of carbonyl (C=O) groups is 3. The monoisotopic (exact) mass is 946 g/mol. The van der Waals surface area contributed by atoms with Crippen LogP contribution >= 0.6 is 0 Å². The van der Waals surface area contributed by atoms with Crippen LogP contribution in [0.5, 0.6) is 0 Å². The summed E-state index contributed by atoms with van der Waals surface area (Å²) in [5.41, 5.74) is 4.30. The summed E-state index contributed by atoms with van der Waals surface area (Å²) in [5.74, 6) is 3.43. The third kappa shape index (κ3) is 8.62. The van der Waals surface area contributed by atoms with E-state index in [9.17, 15) is 9.59 Å². The molecule has 0 spiro atoms. The van der Waals surface area contributed by atoms with Crippen molar-refractivity contribution in [1.82, 2.24) is 14.7 Å². The van der Waals surface area contributed by atoms with Crippen LogP contribution in [-0.4, -0.2) is 95.0 Å². The van der Waals surface area contributed by atoms with Gasteiger partial charge in [0.05, 0.1) is 11.0 Å². The van der Waals surface area contributed by atoms with Gasteiger partial charge < -0.3 is 26.9 Å². The molecule has 3 heterocycles. The van der Waals surface area contributed by atoms with Crippen LogP contribution in [0, 0.1) is 56.7 Å². The number of amides is 2. The lowest BCUT2D eigenvalue weighted by Gasteiger charge is -2.73. The third-order valence-corrected chi connectivity index (χ3v) is 21.1. The minimum absolute atomic E-state index is 0. The average Bonchev–Trinajstić information content (AvgIpc) is 3.86. The Morgan fingerprint density at radius 3 is 2.01 bits per heavy atom. The van der Waals surface area contributed by atoms with Crippen LogP contribution in [0.4, 0.5) is 0 Å². The summed E-state index contributed by atoms with van der Waals surface area (Å²) in [5, 5.41) is 5.55. The molecule has 5 aliphatic carbocycles. The van der Waals surface area contributed by atoms with Gasteiger partial charge >= 0.3 is 5.97 Å². The van der Waals surface area contributed by atoms with Gasteiger partial charge in [0, 0.05) is 44.2 Å². The number of quaternary nitrogens is 1. The molecule has 67 heavy (non-hydrogen) atoms. The van der Waals surface area contributed by atoms with Gasteiger partial charge in [0.15, 0.2) is 6.67 Å². The zero-order valence-electron chi connectivity index (χ0n) is 44.2. The van der Waals surface area contributed by atoms with E-state index in [0.29, 0.717) is 66.3 Å². The van der Waals surface area contributed by atoms with Crippen molar-refractivity contribution < 1.29 is 36.1 Å². The molecule has 0 unspecified atom stereocenters. The van der Waals surface area contributed by atoms with E-state index < -0.39 is 0 Å². The number of fused-ring (bicyclic) bond motifs is 8. The number of nitrogens with zero attached hydrogens (tertiary/aromatic N) is 5. The van der Waals surface area contributed by atoms with Crippen molar-refractivity contribution in [3.05, 3.63) is 35.1 Å². The summed E-state index contributed by atoms with van der Waals surface area (Å²) >= 11 is 0. The minimum Gasteiger partial charge on any atom is -1.00 e. The van der Waals surface area contributed by atoms with Crippen molar-refractivity contribution in [2.24, 2.45) is 61.8 Å². The number of esters is 1. The van der Waals surface area contributed by atoms with Gasteiger partial charge in [0.1, 0.15) is 19.2 Å². The second kappa shape index (κ2) is 19.5. The van der Waals surface area contributed by atoms with Crippen molar-refractivity contribution in [3.63, 3.8) is 0 Å². The Bertz CT molecular complexity index is 1990. The molecule has 1 saturated heterocycles. The zero-order valence-corrected chi connectivity index (χ0v) is 44.9. The summed E-state index contributed by atoms with van der Waals surface area (Å²) in [6.45, 7) is 35.1. The summed E-state index contributed by atoms with van der Waals surface area (Å²) in [6.07, 6.45) is 22.8. The smallest absolute Gasteiger partial charge is 0.302 e. The predicted octanol–water partition coefficient (Wildman–Crippen LogP) is 9.05. The van der Waals surface area contributed by atoms with Gasteiger partial charge in [0.2, 0.25) is 11.7 Å². The molecular weight excluding hydrogens is 854 g/mol. The number of piperazine rings is 1. The summed E-state index contributed by atoms with van der Waals surface area (Å²) < 4.78 is 6.73. The van der Waals surface area contributed by atoms with Crippen LogP contribution in [-0.2, 0) is 19.1 Å². The van der Waals surface area contributed by atoms with Crippen molar-refractivity contribution in [2.75, 3.05) is 45.9 Å². The highest BCUT2D eigenvalue weighted by Gasteiger charge is 2.72. The van der Waals surface area contributed by atoms with Crippen LogP contribution in [0.2, 0.25) is 0 Å². The average molecular weight is 947 g/mol. The number of ether oxygens (including phenoxy) is 1. The van der Waals surface area contributed by atoms with Gasteiger partial charge in [0.25, 0.3) is 5.91 Å². The van der Waals surface area contributed by atoms with Gasteiger partial charge in [-0.2, -0.15) is 4.59 Å². The Morgan fingerprint density at radius 2 is 1.40 bits per heavy atom. The number of rotatable bonds is 14. The molecule has 8 rings (SSSR count). The first-order chi connectivity index (χ1) is 31.2. The third-order valence-electron chi connectivity index (χ3n) is 21.1. The van der Waals surface area contributed by atoms with Crippen molar-refractivity contribution >= 4 is 23.6 Å². The molecule has 0 N–H and O–H groups in total. The van der Waals surface area contributed by atoms with E-state index in [1.54, 1.807) is 6.92 Å². The maximum Gasteiger partial charge on any atom is 0.302 e. The molecule has 2 amide bonds. The Hall–Kier alpha value is -2.65. The van der Waals surface area contributed by atoms with Gasteiger partial charge in [-0.15, -0.1) is 0 Å². The summed E-state index contributed by atoms with van der Waals surface area (Å²) in [4.78, 5) is 49.2. The lowest BCUT2D eigenvalue weighted by atomic mass is 9.32. The number of hydrogen-bond donors (Lipinski definition) is 0. The first-order valence-electron chi connectivity index (χ1n) is 27.3. The molecule has 0 bridgehead atoms. The normalized spacial score (nSPS) is 37.2. The Kier molecular flexibility index (Phi) is 15.2. The topological polar surface area (TPSA) is 82.5 Å². The fraction of sp³-hybridized carbons (Fsp3) is 0.825. The van der Waals surface area contributed by atoms with Gasteiger partial charge in [-0.05, 0) is 168 Å². The molecule has 376 valence electrons. The Labute approximate surface area is 413 Å². The Balaban J connectivity index is 0.00000666. The van der Waals surface area contributed by atoms with E-state index in [2.05, 4.69) is 91.7 Å². The first-order valence-corrected chi connectivity index (χ1v) is 27.3. The lowest BCUT2D eigenvalue weighted by molar-refractivity contribution is -0.935. The van der Waals surface area contributed by atoms with Crippen molar-refractivity contribution in [2.45, 2.75) is 198 Å². The van der Waals surface area contributed by atoms with Gasteiger partial charge in [-0.3, -0.25) is 19.3 Å². The molecule has 5 saturated carbocycles. The first kappa shape index (κ1) is 52.2. The van der Waals surface area contributed by atoms with E-state index in [1.807, 2.05) is 4.90 Å². The molecular formula is C57H92ClN5O4. The second-order valence-electron chi connectivity index (χ2n) is 24.9. The molecule has 0 radical (unpaired) electrons. The van der Waals surface area contributed by atoms with Crippen molar-refractivity contribution in [1.29, 1.82) is 0 Å². The van der Waals surface area contributed by atoms with E-state index >= 15 is 4.79 Å². The molecule has 10 atom stereocenters. The number of halogens is 1. The highest BCUT2D eigenvalue weighted by atomic mass is 35.5. The molecule has 6 fully saturated rings. The van der Waals surface area contributed by atoms with Gasteiger partial charge in [-0.25, -0.2) is 0 Å². The second-order valence-corrected chi connectivity index (χ2v) is 24.9. The molecule has 8 aliphatic rings. The number of unbranched alkanes of at least 4 members (excludes halogenated alkanes) is 6. The summed E-state index contributed by atoms with van der Waals surface area (Å²) in [6, 6.07) is 0. The standard InChI is InChI=1S/C57H92N5O4.ClH/c1-13-15-17-19-35-62(36-20-18-16-14-2)38-61-41(6)37-40(5)48(50(61)58-62)51(64)59-31-33-60(34-32-59)52(65)57-28-23-43(39(3)4)49(57)44-21-22-46-54(10)26-25-47(66-42(7)63)53(8,9)45(54)24-27-56(46,12)55(44,11)29-30-57;/h37,43-47,49H,3,13-36,38H2,1-2,4-12H3;1H/q+1;/p-1/t43-,44+,45-,46+,47-,49+,54-,55+,56+,57-;/m0./s1. The molecule has 0 aromatic heterocycles. The highest BCUT2D eigenvalue weighted by molar-refractivity contribution is 6.22. The van der Waals surface area contributed by atoms with Crippen LogP contribution in [0.25, 0.3) is 0 Å². The predicted molar refractivity (Wildman–Crippen MR) is 267 cm³/mol. The molecule has 0 aromatic rings. The SMILES string of the molecule is C=C(C)[C@@H]1CC[C@]2(C(=O)N3CCN(C(=O)C4=C(C)C=C(C)N5C[N+](CCCCCC)(CCCCCC)N=C45)CC3)CC[C@]3(C)[C@H](CC[C@@H]4[C@@]5(C)CC[C@H](OC(C)=O)C(C)(C)[C@@H]5CC[C@]43C)[C@@H]12.[Cl-]. The van der Waals surface area contributed by atoms with Crippen LogP contribution in [0.3, 0.4) is 0 Å². The van der Waals surface area contributed by atoms with Crippen LogP contribution < -0.4 is 12.4 Å². The maximum absolute atomic E-state index is 15.5. The van der Waals surface area contributed by atoms with Gasteiger partial charge in [-0.1, -0.05) is 91.4 Å². The quantitative estimate of drug-likeness (QED) is 0.0752. The van der Waals surface area contributed by atoms with E-state index in [1.165, 1.54) is 75.5 Å². The highest BCUT2D eigenvalue weighted by Crippen LogP contribution is 2.77. The number of hydrogen-bond acceptors (Lipinski definition) is 6. The number of carbonyl (C=O) groups excluding carboxylic acids is 3. The molecule has 10 heteroatoms. The number of amidine groups is 1. The maximum atomic E-state index is 15.5. The molecule has 3 aliphatic heterocycles. The fourth-order valence-corrected chi connectivity index (χ4v) is 17.5. The lowest BCUT2D eigenvalue weighted by Crippen LogP contribution is -3.00. The molecule has 0 aromatic carbocycles. The minimum atomic E-state index is -0.367. The van der Waals surface area contributed by atoms with Crippen LogP contribution in [0.1, 0.15) is 192 Å². The van der Waals surface area contributed by atoms with E-state index in [-0.39, 0.29) is 57.5 Å². The van der Waals surface area contributed by atoms with E-state index in [0.717, 1.165) is 88.1 Å². The van der Waals surface area contributed by atoms with Crippen molar-refractivity contribution in [3.8, 4) is 0 Å². The van der Waals surface area contributed by atoms with Crippen LogP contribution in [0.15, 0.2) is 40.2 Å². The summed E-state index contributed by atoms with van der Waals surface area (Å²) in [7, 11) is 0. The Morgan fingerprint density at radius 1 is 0.761 bits per heavy atom. The zero-order chi connectivity index (χ0) is 47.6.